The molecule has 28 heavy (non-hydrogen) atoms. The van der Waals surface area contributed by atoms with Crippen LogP contribution in [0.15, 0.2) is 53.4 Å². The molecular formula is C20H16N2O4S2. The number of nitrogens with one attached hydrogen (secondary N) is 2. The average Bonchev–Trinajstić information content (AvgIpc) is 3.05. The number of hydrogen-bond donors (Lipinski definition) is 2. The van der Waals surface area contributed by atoms with Gasteiger partial charge in [0.15, 0.2) is 0 Å². The van der Waals surface area contributed by atoms with Crippen molar-refractivity contribution in [3.8, 4) is 0 Å². The summed E-state index contributed by atoms with van der Waals surface area (Å²) in [7, 11) is 1.31. The second kappa shape index (κ2) is 7.65. The maximum Gasteiger partial charge on any atom is 0.341 e. The van der Waals surface area contributed by atoms with Gasteiger partial charge in [-0.15, -0.1) is 23.1 Å². The second-order valence-corrected chi connectivity index (χ2v) is 8.43. The van der Waals surface area contributed by atoms with E-state index in [1.165, 1.54) is 30.2 Å². The highest BCUT2D eigenvalue weighted by Gasteiger charge is 2.29. The number of thioether (sulfide) groups is 1. The van der Waals surface area contributed by atoms with Crippen LogP contribution in [0.1, 0.15) is 16.8 Å². The van der Waals surface area contributed by atoms with Gasteiger partial charge in [-0.3, -0.25) is 9.59 Å². The zero-order valence-electron chi connectivity index (χ0n) is 14.9. The van der Waals surface area contributed by atoms with Crippen molar-refractivity contribution in [3.63, 3.8) is 0 Å². The number of benzene rings is 2. The number of fused-ring (bicyclic) bond motifs is 2. The molecule has 0 saturated heterocycles. The van der Waals surface area contributed by atoms with E-state index in [0.717, 1.165) is 20.7 Å². The van der Waals surface area contributed by atoms with Gasteiger partial charge in [-0.05, 0) is 18.2 Å². The van der Waals surface area contributed by atoms with Gasteiger partial charge in [-0.1, -0.05) is 30.3 Å². The summed E-state index contributed by atoms with van der Waals surface area (Å²) in [6.07, 6.45) is -0.000305. The lowest BCUT2D eigenvalue weighted by atomic mass is 10.1. The number of carbonyl (C=O) groups excluding carboxylic acids is 3. The van der Waals surface area contributed by atoms with Gasteiger partial charge in [0.25, 0.3) is 0 Å². The standard InChI is InChI=1S/C20H16N2O4S2/c1-26-20(25)17-11-6-2-4-8-13(11)28-19(17)22-16(23)10-15-18(24)21-12-7-3-5-9-14(12)27-15/h2-9,15H,10H2,1H3,(H,21,24)(H,22,23). The van der Waals surface area contributed by atoms with Gasteiger partial charge >= 0.3 is 5.97 Å². The molecule has 1 aliphatic heterocycles. The molecule has 2 heterocycles. The lowest BCUT2D eigenvalue weighted by Crippen LogP contribution is -2.32. The topological polar surface area (TPSA) is 84.5 Å². The van der Waals surface area contributed by atoms with E-state index in [-0.39, 0.29) is 18.2 Å². The van der Waals surface area contributed by atoms with Crippen LogP contribution in [0.3, 0.4) is 0 Å². The van der Waals surface area contributed by atoms with Crippen LogP contribution in [0.5, 0.6) is 0 Å². The molecule has 2 amide bonds. The van der Waals surface area contributed by atoms with Crippen molar-refractivity contribution in [1.82, 2.24) is 0 Å². The number of esters is 1. The number of ether oxygens (including phenoxy) is 1. The van der Waals surface area contributed by atoms with Crippen molar-refractivity contribution in [2.75, 3.05) is 17.7 Å². The first-order chi connectivity index (χ1) is 13.6. The molecule has 4 rings (SSSR count). The summed E-state index contributed by atoms with van der Waals surface area (Å²) >= 11 is 2.67. The Hall–Kier alpha value is -2.84. The van der Waals surface area contributed by atoms with E-state index in [2.05, 4.69) is 10.6 Å². The lowest BCUT2D eigenvalue weighted by Gasteiger charge is -2.23. The van der Waals surface area contributed by atoms with E-state index in [0.29, 0.717) is 10.6 Å². The summed E-state index contributed by atoms with van der Waals surface area (Å²) < 4.78 is 5.75. The minimum atomic E-state index is -0.536. The predicted molar refractivity (Wildman–Crippen MR) is 111 cm³/mol. The zero-order chi connectivity index (χ0) is 19.7. The first-order valence-corrected chi connectivity index (χ1v) is 10.2. The van der Waals surface area contributed by atoms with Gasteiger partial charge in [0, 0.05) is 21.4 Å². The van der Waals surface area contributed by atoms with Crippen LogP contribution < -0.4 is 10.6 Å². The Morgan fingerprint density at radius 3 is 2.71 bits per heavy atom. The third-order valence-electron chi connectivity index (χ3n) is 4.32. The van der Waals surface area contributed by atoms with Crippen LogP contribution in [-0.2, 0) is 14.3 Å². The summed E-state index contributed by atoms with van der Waals surface area (Å²) in [6, 6.07) is 14.9. The molecule has 8 heteroatoms. The van der Waals surface area contributed by atoms with E-state index in [1.54, 1.807) is 0 Å². The van der Waals surface area contributed by atoms with Gasteiger partial charge in [-0.25, -0.2) is 4.79 Å². The molecule has 0 radical (unpaired) electrons. The number of para-hydroxylation sites is 1. The number of hydrogen-bond acceptors (Lipinski definition) is 6. The molecule has 0 saturated carbocycles. The smallest absolute Gasteiger partial charge is 0.341 e. The zero-order valence-corrected chi connectivity index (χ0v) is 16.5. The van der Waals surface area contributed by atoms with E-state index < -0.39 is 11.2 Å². The molecule has 0 aliphatic carbocycles. The molecule has 0 fully saturated rings. The fourth-order valence-corrected chi connectivity index (χ4v) is 5.23. The lowest BCUT2D eigenvalue weighted by molar-refractivity contribution is -0.120. The number of anilines is 2. The molecule has 0 spiro atoms. The Morgan fingerprint density at radius 2 is 1.89 bits per heavy atom. The van der Waals surface area contributed by atoms with Crippen LogP contribution in [-0.4, -0.2) is 30.1 Å². The molecule has 6 nitrogen and oxygen atoms in total. The van der Waals surface area contributed by atoms with Gasteiger partial charge in [-0.2, -0.15) is 0 Å². The Kier molecular flexibility index (Phi) is 5.06. The van der Waals surface area contributed by atoms with Gasteiger partial charge < -0.3 is 15.4 Å². The van der Waals surface area contributed by atoms with Gasteiger partial charge in [0.05, 0.1) is 18.0 Å². The summed E-state index contributed by atoms with van der Waals surface area (Å²) in [5.41, 5.74) is 1.09. The quantitative estimate of drug-likeness (QED) is 0.630. The normalized spacial score (nSPS) is 15.6. The number of amides is 2. The molecule has 3 aromatic rings. The Balaban J connectivity index is 1.55. The van der Waals surface area contributed by atoms with Crippen LogP contribution in [0, 0.1) is 0 Å². The molecule has 142 valence electrons. The fraction of sp³-hybridized carbons (Fsp3) is 0.150. The summed E-state index contributed by atoms with van der Waals surface area (Å²) in [5.74, 6) is -1.04. The van der Waals surface area contributed by atoms with Crippen molar-refractivity contribution in [3.05, 3.63) is 54.1 Å². The molecular weight excluding hydrogens is 396 g/mol. The van der Waals surface area contributed by atoms with Crippen LogP contribution in [0.2, 0.25) is 0 Å². The molecule has 1 aliphatic rings. The first-order valence-electron chi connectivity index (χ1n) is 8.53. The SMILES string of the molecule is COC(=O)c1c(NC(=O)CC2Sc3ccccc3NC2=O)sc2ccccc12. The number of methoxy groups -OCH3 is 1. The Labute approximate surface area is 169 Å². The summed E-state index contributed by atoms with van der Waals surface area (Å²) in [4.78, 5) is 38.1. The fourth-order valence-electron chi connectivity index (χ4n) is 3.01. The van der Waals surface area contributed by atoms with E-state index in [1.807, 2.05) is 48.5 Å². The maximum absolute atomic E-state index is 12.6. The number of carbonyl (C=O) groups is 3. The van der Waals surface area contributed by atoms with Gasteiger partial charge in [0.2, 0.25) is 11.8 Å². The molecule has 1 unspecified atom stereocenters. The monoisotopic (exact) mass is 412 g/mol. The van der Waals surface area contributed by atoms with E-state index >= 15 is 0 Å². The molecule has 2 aromatic carbocycles. The van der Waals surface area contributed by atoms with Crippen molar-refractivity contribution in [2.45, 2.75) is 16.6 Å². The predicted octanol–water partition coefficient (Wildman–Crippen LogP) is 4.13. The highest BCUT2D eigenvalue weighted by atomic mass is 32.2. The summed E-state index contributed by atoms with van der Waals surface area (Å²) in [5, 5.41) is 6.24. The van der Waals surface area contributed by atoms with Gasteiger partial charge in [0.1, 0.15) is 10.6 Å². The molecule has 1 aromatic heterocycles. The highest BCUT2D eigenvalue weighted by molar-refractivity contribution is 8.01. The van der Waals surface area contributed by atoms with E-state index in [4.69, 9.17) is 4.74 Å². The number of rotatable bonds is 4. The van der Waals surface area contributed by atoms with Crippen LogP contribution in [0.4, 0.5) is 10.7 Å². The van der Waals surface area contributed by atoms with Crippen molar-refractivity contribution in [2.24, 2.45) is 0 Å². The second-order valence-electron chi connectivity index (χ2n) is 6.14. The molecule has 2 N–H and O–H groups in total. The minimum Gasteiger partial charge on any atom is -0.465 e. The third-order valence-corrected chi connectivity index (χ3v) is 6.68. The molecule has 0 bridgehead atoms. The van der Waals surface area contributed by atoms with Crippen molar-refractivity contribution in [1.29, 1.82) is 0 Å². The maximum atomic E-state index is 12.6. The largest absolute Gasteiger partial charge is 0.465 e. The third kappa shape index (κ3) is 3.48. The van der Waals surface area contributed by atoms with Crippen molar-refractivity contribution >= 4 is 61.7 Å². The van der Waals surface area contributed by atoms with Crippen molar-refractivity contribution < 1.29 is 19.1 Å². The highest BCUT2D eigenvalue weighted by Crippen LogP contribution is 2.38. The van der Waals surface area contributed by atoms with E-state index in [9.17, 15) is 14.4 Å². The summed E-state index contributed by atoms with van der Waals surface area (Å²) in [6.45, 7) is 0. The Morgan fingerprint density at radius 1 is 1.14 bits per heavy atom. The number of thiophene rings is 1. The Bertz CT molecular complexity index is 1090. The van der Waals surface area contributed by atoms with Crippen LogP contribution >= 0.6 is 23.1 Å². The van der Waals surface area contributed by atoms with Crippen LogP contribution in [0.25, 0.3) is 10.1 Å². The minimum absolute atomic E-state index is 0.000305. The first kappa shape index (κ1) is 18.5. The average molecular weight is 412 g/mol. The molecule has 1 atom stereocenters.